The van der Waals surface area contributed by atoms with E-state index in [0.29, 0.717) is 23.6 Å². The lowest BCUT2D eigenvalue weighted by molar-refractivity contribution is -0.153. The Balaban J connectivity index is 1.82. The number of nitrogens with zero attached hydrogens (tertiary/aromatic N) is 2. The van der Waals surface area contributed by atoms with Gasteiger partial charge in [-0.2, -0.15) is 0 Å². The predicted molar refractivity (Wildman–Crippen MR) is 141 cm³/mol. The molecule has 6 atom stereocenters. The summed E-state index contributed by atoms with van der Waals surface area (Å²) in [4.78, 5) is 44.4. The number of hydrogen-bond acceptors (Lipinski definition) is 6. The van der Waals surface area contributed by atoms with E-state index in [4.69, 9.17) is 16.3 Å². The van der Waals surface area contributed by atoms with Gasteiger partial charge in [-0.1, -0.05) is 45.7 Å². The number of thioether (sulfide) groups is 1. The van der Waals surface area contributed by atoms with E-state index in [1.807, 2.05) is 19.1 Å². The van der Waals surface area contributed by atoms with Gasteiger partial charge in [0, 0.05) is 29.8 Å². The highest BCUT2D eigenvalue weighted by Crippen LogP contribution is 2.68. The van der Waals surface area contributed by atoms with Gasteiger partial charge in [0.05, 0.1) is 33.9 Å². The molecule has 190 valence electrons. The number of alkyl halides is 1. The normalized spacial score (nSPS) is 30.9. The van der Waals surface area contributed by atoms with Crippen molar-refractivity contribution in [2.75, 3.05) is 31.2 Å². The number of halogens is 2. The number of rotatable bonds is 9. The summed E-state index contributed by atoms with van der Waals surface area (Å²) in [6.45, 7) is 8.02. The Hall–Kier alpha value is -1.55. The number of anilines is 1. The third-order valence-corrected chi connectivity index (χ3v) is 10.7. The molecule has 3 aliphatic rings. The van der Waals surface area contributed by atoms with Gasteiger partial charge in [0.15, 0.2) is 0 Å². The Morgan fingerprint density at radius 3 is 2.83 bits per heavy atom. The largest absolute Gasteiger partial charge is 0.466 e. The summed E-state index contributed by atoms with van der Waals surface area (Å²) in [7, 11) is 0. The summed E-state index contributed by atoms with van der Waals surface area (Å²) >= 11 is 11.8. The van der Waals surface area contributed by atoms with Crippen LogP contribution in [0, 0.1) is 18.8 Å². The number of hydrogen-bond donors (Lipinski definition) is 1. The van der Waals surface area contributed by atoms with E-state index in [-0.39, 0.29) is 48.2 Å². The number of fused-ring (bicyclic) bond motifs is 1. The zero-order chi connectivity index (χ0) is 25.5. The smallest absolute Gasteiger partial charge is 0.310 e. The van der Waals surface area contributed by atoms with Gasteiger partial charge < -0.3 is 19.6 Å². The Morgan fingerprint density at radius 2 is 2.20 bits per heavy atom. The van der Waals surface area contributed by atoms with Crippen molar-refractivity contribution in [3.63, 3.8) is 0 Å². The first-order valence-electron chi connectivity index (χ1n) is 11.8. The van der Waals surface area contributed by atoms with Crippen LogP contribution >= 0.6 is 39.3 Å². The average molecular weight is 586 g/mol. The van der Waals surface area contributed by atoms with Crippen LogP contribution in [0.3, 0.4) is 0 Å². The molecule has 35 heavy (non-hydrogen) atoms. The van der Waals surface area contributed by atoms with Crippen molar-refractivity contribution in [1.29, 1.82) is 0 Å². The minimum Gasteiger partial charge on any atom is -0.466 e. The molecule has 0 aliphatic carbocycles. The van der Waals surface area contributed by atoms with Gasteiger partial charge >= 0.3 is 5.97 Å². The number of aliphatic hydroxyl groups excluding tert-OH is 1. The van der Waals surface area contributed by atoms with Crippen LogP contribution < -0.4 is 4.90 Å². The summed E-state index contributed by atoms with van der Waals surface area (Å²) in [5.74, 6) is -2.16. The summed E-state index contributed by atoms with van der Waals surface area (Å²) in [5.41, 5.74) is 1.42. The number of para-hydroxylation sites is 1. The van der Waals surface area contributed by atoms with E-state index in [1.165, 1.54) is 0 Å². The van der Waals surface area contributed by atoms with Gasteiger partial charge in [-0.3, -0.25) is 14.4 Å². The van der Waals surface area contributed by atoms with Crippen LogP contribution in [0.2, 0.25) is 5.02 Å². The van der Waals surface area contributed by atoms with Crippen LogP contribution in [-0.2, 0) is 19.1 Å². The topological polar surface area (TPSA) is 87.2 Å². The standard InChI is InChI=1S/C25H30BrClN2O5S/c1-4-10-28(19-14(3)8-6-9-16(19)27)23(32)21-25-13-15(26)20(35-25)17(24(33)34-5-2)18(25)22(31)29(21)11-7-12-30/h4,6,8-9,15,17-18,20-21,30H,1,5,7,10-13H2,2-3H3/t15?,17-,18+,20-,21?,25?/m1/s1. The molecule has 4 rings (SSSR count). The molecule has 0 radical (unpaired) electrons. The van der Waals surface area contributed by atoms with Crippen molar-refractivity contribution in [2.24, 2.45) is 11.8 Å². The van der Waals surface area contributed by atoms with Crippen LogP contribution in [0.5, 0.6) is 0 Å². The molecule has 2 bridgehead atoms. The molecule has 1 aromatic carbocycles. The van der Waals surface area contributed by atoms with Crippen molar-refractivity contribution in [2.45, 2.75) is 47.6 Å². The van der Waals surface area contributed by atoms with Gasteiger partial charge in [-0.25, -0.2) is 0 Å². The van der Waals surface area contributed by atoms with Crippen molar-refractivity contribution >= 4 is 62.8 Å². The van der Waals surface area contributed by atoms with E-state index < -0.39 is 28.6 Å². The summed E-state index contributed by atoms with van der Waals surface area (Å²) in [6, 6.07) is 4.64. The first kappa shape index (κ1) is 26.5. The lowest BCUT2D eigenvalue weighted by Gasteiger charge is -2.38. The lowest BCUT2D eigenvalue weighted by Crippen LogP contribution is -2.56. The van der Waals surface area contributed by atoms with E-state index in [2.05, 4.69) is 22.5 Å². The zero-order valence-corrected chi connectivity index (χ0v) is 22.9. The molecule has 2 amide bonds. The summed E-state index contributed by atoms with van der Waals surface area (Å²) < 4.78 is 4.59. The fourth-order valence-electron chi connectivity index (χ4n) is 5.93. The van der Waals surface area contributed by atoms with Gasteiger partial charge in [-0.05, 0) is 38.3 Å². The molecule has 1 aromatic rings. The second-order valence-electron chi connectivity index (χ2n) is 9.17. The maximum Gasteiger partial charge on any atom is 0.310 e. The molecule has 3 saturated heterocycles. The number of aliphatic hydroxyl groups is 1. The van der Waals surface area contributed by atoms with Crippen molar-refractivity contribution in [1.82, 2.24) is 4.90 Å². The van der Waals surface area contributed by atoms with E-state index in [1.54, 1.807) is 40.6 Å². The van der Waals surface area contributed by atoms with Gasteiger partial charge in [0.1, 0.15) is 6.04 Å². The second kappa shape index (κ2) is 10.4. The maximum absolute atomic E-state index is 14.4. The number of carbonyl (C=O) groups excluding carboxylic acids is 3. The SMILES string of the molecule is C=CCN(C(=O)C1N(CCCO)C(=O)[C@@H]2[C@@H](C(=O)OCC)[C@@H]3SC12CC3Br)c1c(C)cccc1Cl. The lowest BCUT2D eigenvalue weighted by atomic mass is 9.71. The zero-order valence-electron chi connectivity index (χ0n) is 19.8. The number of benzene rings is 1. The van der Waals surface area contributed by atoms with Gasteiger partial charge in [0.2, 0.25) is 5.91 Å². The molecular weight excluding hydrogens is 556 g/mol. The molecule has 3 heterocycles. The Labute approximate surface area is 223 Å². The third kappa shape index (κ3) is 4.22. The quantitative estimate of drug-likeness (QED) is 0.271. The van der Waals surface area contributed by atoms with Crippen molar-refractivity contribution < 1.29 is 24.2 Å². The molecule has 3 unspecified atom stereocenters. The molecule has 10 heteroatoms. The number of amides is 2. The first-order chi connectivity index (χ1) is 16.7. The highest BCUT2D eigenvalue weighted by molar-refractivity contribution is 9.09. The fraction of sp³-hybridized carbons (Fsp3) is 0.560. The Morgan fingerprint density at radius 1 is 1.46 bits per heavy atom. The van der Waals surface area contributed by atoms with E-state index in [9.17, 15) is 19.5 Å². The fourth-order valence-corrected chi connectivity index (χ4v) is 9.85. The number of carbonyl (C=O) groups is 3. The maximum atomic E-state index is 14.4. The van der Waals surface area contributed by atoms with Crippen molar-refractivity contribution in [3.8, 4) is 0 Å². The number of ether oxygens (including phenoxy) is 1. The highest BCUT2D eigenvalue weighted by Gasteiger charge is 2.76. The summed E-state index contributed by atoms with van der Waals surface area (Å²) in [6.07, 6.45) is 2.55. The molecular formula is C25H30BrClN2O5S. The van der Waals surface area contributed by atoms with Gasteiger partial charge in [0.25, 0.3) is 5.91 Å². The Bertz CT molecular complexity index is 1020. The minimum absolute atomic E-state index is 0.0334. The predicted octanol–water partition coefficient (Wildman–Crippen LogP) is 3.58. The molecule has 3 fully saturated rings. The Kier molecular flexibility index (Phi) is 7.91. The number of aryl methyl sites for hydroxylation is 1. The third-order valence-electron chi connectivity index (χ3n) is 7.18. The van der Waals surface area contributed by atoms with Crippen LogP contribution in [-0.4, -0.2) is 75.0 Å². The van der Waals surface area contributed by atoms with E-state index in [0.717, 1.165) is 5.56 Å². The molecule has 1 N–H and O–H groups in total. The molecule has 1 spiro atoms. The highest BCUT2D eigenvalue weighted by atomic mass is 79.9. The van der Waals surface area contributed by atoms with Crippen LogP contribution in [0.4, 0.5) is 5.69 Å². The number of esters is 1. The van der Waals surface area contributed by atoms with Crippen LogP contribution in [0.25, 0.3) is 0 Å². The molecule has 0 saturated carbocycles. The number of likely N-dealkylation sites (tertiary alicyclic amines) is 1. The summed E-state index contributed by atoms with van der Waals surface area (Å²) in [5, 5.41) is 9.79. The molecule has 0 aromatic heterocycles. The van der Waals surface area contributed by atoms with Crippen LogP contribution in [0.15, 0.2) is 30.9 Å². The van der Waals surface area contributed by atoms with Gasteiger partial charge in [-0.15, -0.1) is 18.3 Å². The monoisotopic (exact) mass is 584 g/mol. The molecule has 3 aliphatic heterocycles. The first-order valence-corrected chi connectivity index (χ1v) is 14.0. The van der Waals surface area contributed by atoms with E-state index >= 15 is 0 Å². The minimum atomic E-state index is -0.809. The van der Waals surface area contributed by atoms with Crippen LogP contribution in [0.1, 0.15) is 25.3 Å². The average Bonchev–Trinajstić information content (AvgIpc) is 3.40. The second-order valence-corrected chi connectivity index (χ2v) is 12.3. The van der Waals surface area contributed by atoms with Crippen molar-refractivity contribution in [3.05, 3.63) is 41.4 Å². The molecule has 7 nitrogen and oxygen atoms in total.